The van der Waals surface area contributed by atoms with E-state index in [1.807, 2.05) is 24.3 Å². The van der Waals surface area contributed by atoms with E-state index in [-0.39, 0.29) is 5.69 Å². The van der Waals surface area contributed by atoms with Gasteiger partial charge in [0, 0.05) is 0 Å². The second-order valence-corrected chi connectivity index (χ2v) is 4.58. The van der Waals surface area contributed by atoms with Crippen LogP contribution in [-0.4, -0.2) is 20.8 Å². The van der Waals surface area contributed by atoms with E-state index < -0.39 is 0 Å². The number of nitrogens with one attached hydrogen (secondary N) is 1. The lowest BCUT2D eigenvalue weighted by molar-refractivity contribution is -0.120. The number of ether oxygens (including phenoxy) is 1. The van der Waals surface area contributed by atoms with E-state index in [2.05, 4.69) is 9.97 Å². The molecule has 21 heavy (non-hydrogen) atoms. The van der Waals surface area contributed by atoms with Crippen molar-refractivity contribution in [3.8, 4) is 5.75 Å². The Bertz CT molecular complexity index is 1060. The summed E-state index contributed by atoms with van der Waals surface area (Å²) in [4.78, 5) is 30.2. The van der Waals surface area contributed by atoms with Crippen LogP contribution in [0.1, 0.15) is 0 Å². The summed E-state index contributed by atoms with van der Waals surface area (Å²) in [5.74, 6) is 0.360. The molecule has 2 heterocycles. The quantitative estimate of drug-likeness (QED) is 0.568. The lowest BCUT2D eigenvalue weighted by Crippen LogP contribution is -2.16. The Balaban J connectivity index is 2.32. The zero-order valence-electron chi connectivity index (χ0n) is 10.7. The lowest BCUT2D eigenvalue weighted by Gasteiger charge is -2.05. The second-order valence-electron chi connectivity index (χ2n) is 4.58. The number of fused-ring (bicyclic) bond motifs is 5. The number of imidazole rings is 1. The Kier molecular flexibility index (Phi) is 2.32. The first kappa shape index (κ1) is 11.7. The number of carbonyl (C=O) groups is 1. The highest BCUT2D eigenvalue weighted by atomic mass is 16.5. The van der Waals surface area contributed by atoms with E-state index in [1.165, 1.54) is 4.40 Å². The molecule has 0 unspecified atom stereocenters. The largest absolute Gasteiger partial charge is 0.428 e. The predicted molar refractivity (Wildman–Crippen MR) is 77.5 cm³/mol. The highest BCUT2D eigenvalue weighted by molar-refractivity contribution is 6.00. The molecular formula is C15H9N3O3. The molecule has 0 radical (unpaired) electrons. The van der Waals surface area contributed by atoms with Crippen molar-refractivity contribution in [1.82, 2.24) is 14.4 Å². The van der Waals surface area contributed by atoms with Gasteiger partial charge < -0.3 is 9.72 Å². The second kappa shape index (κ2) is 4.17. The number of para-hydroxylation sites is 2. The average Bonchev–Trinajstić information content (AvgIpc) is 2.87. The van der Waals surface area contributed by atoms with Crippen molar-refractivity contribution in [1.29, 1.82) is 0 Å². The van der Waals surface area contributed by atoms with Crippen LogP contribution in [0.3, 0.4) is 0 Å². The fourth-order valence-corrected chi connectivity index (χ4v) is 2.59. The third-order valence-corrected chi connectivity index (χ3v) is 3.43. The van der Waals surface area contributed by atoms with Gasteiger partial charge in [-0.2, -0.15) is 0 Å². The number of rotatable bonds is 2. The number of benzene rings is 2. The molecule has 0 fully saturated rings. The van der Waals surface area contributed by atoms with Crippen LogP contribution in [0.5, 0.6) is 5.75 Å². The van der Waals surface area contributed by atoms with Crippen molar-refractivity contribution in [2.75, 3.05) is 0 Å². The molecular weight excluding hydrogens is 270 g/mol. The van der Waals surface area contributed by atoms with Crippen LogP contribution in [0, 0.1) is 0 Å². The van der Waals surface area contributed by atoms with Gasteiger partial charge in [0.15, 0.2) is 5.65 Å². The molecule has 4 rings (SSSR count). The van der Waals surface area contributed by atoms with Gasteiger partial charge in [-0.15, -0.1) is 0 Å². The van der Waals surface area contributed by atoms with Crippen molar-refractivity contribution < 1.29 is 9.53 Å². The third-order valence-electron chi connectivity index (χ3n) is 3.43. The molecule has 2 aromatic heterocycles. The molecule has 0 atom stereocenters. The highest BCUT2D eigenvalue weighted by Gasteiger charge is 2.14. The Morgan fingerprint density at radius 3 is 2.86 bits per heavy atom. The van der Waals surface area contributed by atoms with Crippen LogP contribution in [0.25, 0.3) is 27.6 Å². The van der Waals surface area contributed by atoms with Gasteiger partial charge in [-0.3, -0.25) is 4.79 Å². The first-order valence-electron chi connectivity index (χ1n) is 6.32. The van der Waals surface area contributed by atoms with Gasteiger partial charge in [-0.25, -0.2) is 14.2 Å². The number of aromatic nitrogens is 3. The zero-order chi connectivity index (χ0) is 14.4. The van der Waals surface area contributed by atoms with E-state index in [9.17, 15) is 9.59 Å². The monoisotopic (exact) mass is 279 g/mol. The summed E-state index contributed by atoms with van der Waals surface area (Å²) in [6.45, 7) is 0.360. The smallest absolute Gasteiger partial charge is 0.332 e. The first-order valence-corrected chi connectivity index (χ1v) is 6.32. The van der Waals surface area contributed by atoms with Crippen LogP contribution in [0.2, 0.25) is 0 Å². The third kappa shape index (κ3) is 1.56. The summed E-state index contributed by atoms with van der Waals surface area (Å²) in [6.07, 6.45) is 0. The SMILES string of the molecule is O=COc1cccc2[nH]c(=O)n3c4ccccc4nc3c12. The van der Waals surface area contributed by atoms with Crippen LogP contribution < -0.4 is 10.4 Å². The summed E-state index contributed by atoms with van der Waals surface area (Å²) in [6, 6.07) is 12.5. The van der Waals surface area contributed by atoms with Gasteiger partial charge in [0.1, 0.15) is 5.75 Å². The van der Waals surface area contributed by atoms with Crippen LogP contribution in [0.4, 0.5) is 0 Å². The number of carbonyl (C=O) groups excluding carboxylic acids is 1. The normalized spacial score (nSPS) is 11.2. The van der Waals surface area contributed by atoms with Gasteiger partial charge >= 0.3 is 5.69 Å². The van der Waals surface area contributed by atoms with E-state index in [1.54, 1.807) is 18.2 Å². The molecule has 0 saturated heterocycles. The molecule has 0 spiro atoms. The minimum absolute atomic E-state index is 0.283. The fraction of sp³-hybridized carbons (Fsp3) is 0. The summed E-state index contributed by atoms with van der Waals surface area (Å²) in [5.41, 5.74) is 2.16. The van der Waals surface area contributed by atoms with Crippen LogP contribution in [0.15, 0.2) is 47.3 Å². The molecule has 4 aromatic rings. The van der Waals surface area contributed by atoms with Crippen molar-refractivity contribution in [2.24, 2.45) is 0 Å². The fourth-order valence-electron chi connectivity index (χ4n) is 2.59. The minimum atomic E-state index is -0.283. The standard InChI is InChI=1S/C15H9N3O3/c19-8-21-12-7-3-5-10-13(12)14-16-9-4-1-2-6-11(9)18(14)15(20)17-10/h1-8H,(H,17,20). The molecule has 0 aliphatic rings. The van der Waals surface area contributed by atoms with Gasteiger partial charge in [0.25, 0.3) is 6.47 Å². The molecule has 0 amide bonds. The maximum Gasteiger partial charge on any atom is 0.332 e. The van der Waals surface area contributed by atoms with Crippen molar-refractivity contribution in [2.45, 2.75) is 0 Å². The van der Waals surface area contributed by atoms with E-state index in [4.69, 9.17) is 4.74 Å². The van der Waals surface area contributed by atoms with Crippen molar-refractivity contribution >= 4 is 34.1 Å². The van der Waals surface area contributed by atoms with Gasteiger partial charge in [0.05, 0.1) is 21.9 Å². The molecule has 1 N–H and O–H groups in total. The maximum atomic E-state index is 12.3. The average molecular weight is 279 g/mol. The summed E-state index contributed by atoms with van der Waals surface area (Å²) < 4.78 is 6.49. The summed E-state index contributed by atoms with van der Waals surface area (Å²) >= 11 is 0. The highest BCUT2D eigenvalue weighted by Crippen LogP contribution is 2.28. The Morgan fingerprint density at radius 2 is 2.00 bits per heavy atom. The van der Waals surface area contributed by atoms with E-state index in [0.29, 0.717) is 39.8 Å². The van der Waals surface area contributed by atoms with Gasteiger partial charge in [-0.1, -0.05) is 18.2 Å². The first-order chi connectivity index (χ1) is 10.3. The minimum Gasteiger partial charge on any atom is -0.428 e. The number of H-pyrrole nitrogens is 1. The van der Waals surface area contributed by atoms with Crippen LogP contribution in [-0.2, 0) is 4.79 Å². The zero-order valence-corrected chi connectivity index (χ0v) is 10.7. The Labute approximate surface area is 117 Å². The van der Waals surface area contributed by atoms with Crippen molar-refractivity contribution in [3.05, 3.63) is 52.9 Å². The number of hydrogen-bond donors (Lipinski definition) is 1. The molecule has 0 aliphatic carbocycles. The molecule has 102 valence electrons. The van der Waals surface area contributed by atoms with Crippen LogP contribution >= 0.6 is 0 Å². The van der Waals surface area contributed by atoms with E-state index in [0.717, 1.165) is 0 Å². The molecule has 6 nitrogen and oxygen atoms in total. The Hall–Kier alpha value is -3.15. The molecule has 6 heteroatoms. The van der Waals surface area contributed by atoms with Crippen molar-refractivity contribution in [3.63, 3.8) is 0 Å². The van der Waals surface area contributed by atoms with Gasteiger partial charge in [0.2, 0.25) is 0 Å². The molecule has 0 saturated carbocycles. The number of aromatic amines is 1. The predicted octanol–water partition coefficient (Wildman–Crippen LogP) is 1.86. The number of nitrogens with zero attached hydrogens (tertiary/aromatic N) is 2. The van der Waals surface area contributed by atoms with Gasteiger partial charge in [-0.05, 0) is 24.3 Å². The molecule has 2 aromatic carbocycles. The number of hydrogen-bond acceptors (Lipinski definition) is 4. The molecule has 0 bridgehead atoms. The summed E-state index contributed by atoms with van der Waals surface area (Å²) in [5, 5.41) is 0.598. The Morgan fingerprint density at radius 1 is 1.14 bits per heavy atom. The summed E-state index contributed by atoms with van der Waals surface area (Å²) in [7, 11) is 0. The molecule has 0 aliphatic heterocycles. The lowest BCUT2D eigenvalue weighted by atomic mass is 10.2. The van der Waals surface area contributed by atoms with E-state index >= 15 is 0 Å². The maximum absolute atomic E-state index is 12.3. The topological polar surface area (TPSA) is 76.5 Å².